The molecule has 0 N–H and O–H groups in total. The van der Waals surface area contributed by atoms with Gasteiger partial charge in [0.1, 0.15) is 0 Å². The van der Waals surface area contributed by atoms with Gasteiger partial charge < -0.3 is 9.80 Å². The number of piperazine rings is 1. The molecule has 4 nitrogen and oxygen atoms in total. The molecule has 0 aliphatic carbocycles. The maximum atomic E-state index is 13.3. The lowest BCUT2D eigenvalue weighted by Crippen LogP contribution is -2.50. The average Bonchev–Trinajstić information content (AvgIpc) is 2.69. The molecule has 0 aromatic heterocycles. The van der Waals surface area contributed by atoms with E-state index in [1.54, 1.807) is 21.9 Å². The van der Waals surface area contributed by atoms with Crippen molar-refractivity contribution in [1.82, 2.24) is 9.80 Å². The molecule has 0 unspecified atom stereocenters. The highest BCUT2D eigenvalue weighted by Gasteiger charge is 2.25. The molecule has 2 amide bonds. The molecule has 0 radical (unpaired) electrons. The van der Waals surface area contributed by atoms with E-state index in [-0.39, 0.29) is 17.4 Å². The Bertz CT molecular complexity index is 834. The zero-order valence-electron chi connectivity index (χ0n) is 14.6. The standard InChI is InChI=1S/C20H19ClF2N2O2/c21-16-5-1-14(2-6-16)3-8-19(26)24-9-11-25(12-10-24)20(27)15-4-7-17(22)18(23)13-15/h1-2,4-7,13H,3,8-12H2. The van der Waals surface area contributed by atoms with Crippen LogP contribution in [0.15, 0.2) is 42.5 Å². The fraction of sp³-hybridized carbons (Fsp3) is 0.300. The molecule has 0 atom stereocenters. The molecule has 1 fully saturated rings. The van der Waals surface area contributed by atoms with Crippen LogP contribution in [0, 0.1) is 11.6 Å². The van der Waals surface area contributed by atoms with Gasteiger partial charge >= 0.3 is 0 Å². The minimum absolute atomic E-state index is 0.0323. The molecule has 0 saturated carbocycles. The summed E-state index contributed by atoms with van der Waals surface area (Å²) in [6, 6.07) is 10.5. The zero-order chi connectivity index (χ0) is 19.4. The highest BCUT2D eigenvalue weighted by molar-refractivity contribution is 6.30. The number of carbonyl (C=O) groups is 2. The van der Waals surface area contributed by atoms with Gasteiger partial charge in [0.25, 0.3) is 5.91 Å². The monoisotopic (exact) mass is 392 g/mol. The van der Waals surface area contributed by atoms with Crippen molar-refractivity contribution in [3.63, 3.8) is 0 Å². The maximum absolute atomic E-state index is 13.3. The Morgan fingerprint density at radius 1 is 0.889 bits per heavy atom. The Labute approximate surface area is 161 Å². The van der Waals surface area contributed by atoms with E-state index in [0.29, 0.717) is 44.0 Å². The van der Waals surface area contributed by atoms with Gasteiger partial charge in [-0.25, -0.2) is 8.78 Å². The number of benzene rings is 2. The van der Waals surface area contributed by atoms with E-state index in [2.05, 4.69) is 0 Å². The minimum atomic E-state index is -1.04. The van der Waals surface area contributed by atoms with E-state index in [0.717, 1.165) is 17.7 Å². The van der Waals surface area contributed by atoms with E-state index in [9.17, 15) is 18.4 Å². The maximum Gasteiger partial charge on any atom is 0.254 e. The second-order valence-corrected chi connectivity index (χ2v) is 6.86. The Morgan fingerprint density at radius 2 is 1.52 bits per heavy atom. The topological polar surface area (TPSA) is 40.6 Å². The SMILES string of the molecule is O=C(CCc1ccc(Cl)cc1)N1CCN(C(=O)c2ccc(F)c(F)c2)CC1. The van der Waals surface area contributed by atoms with E-state index in [1.165, 1.54) is 6.07 Å². The number of halogens is 3. The number of nitrogens with zero attached hydrogens (tertiary/aromatic N) is 2. The number of rotatable bonds is 4. The summed E-state index contributed by atoms with van der Waals surface area (Å²) in [4.78, 5) is 28.1. The molecule has 1 aliphatic heterocycles. The van der Waals surface area contributed by atoms with Crippen LogP contribution in [-0.4, -0.2) is 47.8 Å². The Morgan fingerprint density at radius 3 is 2.15 bits per heavy atom. The third-order valence-corrected chi connectivity index (χ3v) is 4.88. The number of hydrogen-bond donors (Lipinski definition) is 0. The largest absolute Gasteiger partial charge is 0.339 e. The van der Waals surface area contributed by atoms with E-state index in [1.807, 2.05) is 12.1 Å². The van der Waals surface area contributed by atoms with E-state index in [4.69, 9.17) is 11.6 Å². The highest BCUT2D eigenvalue weighted by Crippen LogP contribution is 2.15. The summed E-state index contributed by atoms with van der Waals surface area (Å²) < 4.78 is 26.3. The lowest BCUT2D eigenvalue weighted by molar-refractivity contribution is -0.132. The van der Waals surface area contributed by atoms with E-state index >= 15 is 0 Å². The first-order valence-corrected chi connectivity index (χ1v) is 9.08. The number of carbonyl (C=O) groups excluding carboxylic acids is 2. The van der Waals surface area contributed by atoms with Gasteiger partial charge in [-0.05, 0) is 42.3 Å². The van der Waals surface area contributed by atoms with Crippen molar-refractivity contribution in [3.05, 3.63) is 70.2 Å². The molecular weight excluding hydrogens is 374 g/mol. The van der Waals surface area contributed by atoms with Gasteiger partial charge in [0.05, 0.1) is 0 Å². The molecule has 142 valence electrons. The fourth-order valence-electron chi connectivity index (χ4n) is 3.03. The van der Waals surface area contributed by atoms with Crippen LogP contribution in [0.5, 0.6) is 0 Å². The van der Waals surface area contributed by atoms with Crippen molar-refractivity contribution < 1.29 is 18.4 Å². The number of hydrogen-bond acceptors (Lipinski definition) is 2. The summed E-state index contributed by atoms with van der Waals surface area (Å²) in [6.07, 6.45) is 1.02. The molecular formula is C20H19ClF2N2O2. The van der Waals surface area contributed by atoms with Gasteiger partial charge in [0, 0.05) is 43.2 Å². The minimum Gasteiger partial charge on any atom is -0.339 e. The third-order valence-electron chi connectivity index (χ3n) is 4.63. The summed E-state index contributed by atoms with van der Waals surface area (Å²) >= 11 is 5.85. The third kappa shape index (κ3) is 4.83. The van der Waals surface area contributed by atoms with Gasteiger partial charge in [-0.15, -0.1) is 0 Å². The lowest BCUT2D eigenvalue weighted by Gasteiger charge is -2.35. The number of amides is 2. The smallest absolute Gasteiger partial charge is 0.254 e. The normalized spacial score (nSPS) is 14.3. The zero-order valence-corrected chi connectivity index (χ0v) is 15.4. The van der Waals surface area contributed by atoms with Gasteiger partial charge in [0.15, 0.2) is 11.6 Å². The van der Waals surface area contributed by atoms with Crippen molar-refractivity contribution in [2.75, 3.05) is 26.2 Å². The second-order valence-electron chi connectivity index (χ2n) is 6.43. The molecule has 1 heterocycles. The van der Waals surface area contributed by atoms with Crippen molar-refractivity contribution in [1.29, 1.82) is 0 Å². The molecule has 0 spiro atoms. The van der Waals surface area contributed by atoms with Crippen LogP contribution < -0.4 is 0 Å². The lowest BCUT2D eigenvalue weighted by atomic mass is 10.1. The fourth-order valence-corrected chi connectivity index (χ4v) is 3.16. The first-order valence-electron chi connectivity index (χ1n) is 8.70. The van der Waals surface area contributed by atoms with Gasteiger partial charge in [-0.1, -0.05) is 23.7 Å². The summed E-state index contributed by atoms with van der Waals surface area (Å²) in [5.74, 6) is -2.36. The van der Waals surface area contributed by atoms with Crippen LogP contribution in [0.3, 0.4) is 0 Å². The first-order chi connectivity index (χ1) is 12.9. The van der Waals surface area contributed by atoms with Crippen LogP contribution >= 0.6 is 11.6 Å². The van der Waals surface area contributed by atoms with Gasteiger partial charge in [0.2, 0.25) is 5.91 Å². The average molecular weight is 393 g/mol. The molecule has 7 heteroatoms. The van der Waals surface area contributed by atoms with Crippen molar-refractivity contribution in [3.8, 4) is 0 Å². The van der Waals surface area contributed by atoms with Crippen LogP contribution in [-0.2, 0) is 11.2 Å². The van der Waals surface area contributed by atoms with Gasteiger partial charge in [-0.2, -0.15) is 0 Å². The quantitative estimate of drug-likeness (QED) is 0.798. The summed E-state index contributed by atoms with van der Waals surface area (Å²) in [6.45, 7) is 1.58. The van der Waals surface area contributed by atoms with Crippen LogP contribution in [0.4, 0.5) is 8.78 Å². The molecule has 1 aliphatic rings. The van der Waals surface area contributed by atoms with Crippen molar-refractivity contribution in [2.45, 2.75) is 12.8 Å². The Hall–Kier alpha value is -2.47. The van der Waals surface area contributed by atoms with Gasteiger partial charge in [-0.3, -0.25) is 9.59 Å². The Balaban J connectivity index is 1.50. The molecule has 2 aromatic rings. The first kappa shape index (κ1) is 19.3. The molecule has 0 bridgehead atoms. The molecule has 3 rings (SSSR count). The molecule has 27 heavy (non-hydrogen) atoms. The second kappa shape index (κ2) is 8.48. The van der Waals surface area contributed by atoms with E-state index < -0.39 is 11.6 Å². The van der Waals surface area contributed by atoms with Crippen LogP contribution in [0.2, 0.25) is 5.02 Å². The predicted molar refractivity (Wildman–Crippen MR) is 98.6 cm³/mol. The highest BCUT2D eigenvalue weighted by atomic mass is 35.5. The van der Waals surface area contributed by atoms with Crippen molar-refractivity contribution in [2.24, 2.45) is 0 Å². The molecule has 1 saturated heterocycles. The summed E-state index contributed by atoms with van der Waals surface area (Å²) in [5.41, 5.74) is 1.15. The van der Waals surface area contributed by atoms with Crippen molar-refractivity contribution >= 4 is 23.4 Å². The summed E-state index contributed by atoms with van der Waals surface area (Å²) in [7, 11) is 0. The van der Waals surface area contributed by atoms with Crippen LogP contribution in [0.1, 0.15) is 22.3 Å². The molecule has 2 aromatic carbocycles. The Kier molecular flexibility index (Phi) is 6.06. The predicted octanol–water partition coefficient (Wildman–Crippen LogP) is 3.54. The number of aryl methyl sites for hydroxylation is 1. The summed E-state index contributed by atoms with van der Waals surface area (Å²) in [5, 5.41) is 0.659. The van der Waals surface area contributed by atoms with Crippen LogP contribution in [0.25, 0.3) is 0 Å².